The molecule has 0 fully saturated rings. The average molecular weight is 524 g/mol. The fourth-order valence-corrected chi connectivity index (χ4v) is 4.07. The van der Waals surface area contributed by atoms with Gasteiger partial charge in [-0.25, -0.2) is 14.2 Å². The maximum absolute atomic E-state index is 14.7. The van der Waals surface area contributed by atoms with Crippen molar-refractivity contribution in [3.63, 3.8) is 0 Å². The molecule has 0 saturated carbocycles. The fourth-order valence-electron chi connectivity index (χ4n) is 2.91. The van der Waals surface area contributed by atoms with Crippen LogP contribution in [0.1, 0.15) is 38.2 Å². The number of hydrogen-bond acceptors (Lipinski definition) is 10. The molecule has 0 aliphatic carbocycles. The number of benzene rings is 1. The van der Waals surface area contributed by atoms with E-state index in [1.54, 1.807) is 19.1 Å². The first kappa shape index (κ1) is 26.7. The zero-order chi connectivity index (χ0) is 25.7. The van der Waals surface area contributed by atoms with E-state index in [1.807, 2.05) is 13.8 Å². The summed E-state index contributed by atoms with van der Waals surface area (Å²) in [5, 5.41) is 22.1. The highest BCUT2D eigenvalue weighted by Gasteiger charge is 2.19. The first-order chi connectivity index (χ1) is 16.6. The number of nitrogens with zero attached hydrogens (tertiary/aromatic N) is 3. The molecule has 1 aromatic carbocycles. The molecule has 2 heterocycles. The van der Waals surface area contributed by atoms with Crippen molar-refractivity contribution in [2.45, 2.75) is 45.9 Å². The number of halogens is 2. The number of carbonyl (C=O) groups excluding carboxylic acids is 1. The van der Waals surface area contributed by atoms with E-state index in [0.29, 0.717) is 27.0 Å². The molecule has 0 amide bonds. The molecule has 188 valence electrons. The predicted molar refractivity (Wildman–Crippen MR) is 133 cm³/mol. The lowest BCUT2D eigenvalue weighted by molar-refractivity contribution is 0.0519. The Hall–Kier alpha value is -2.86. The third-order valence-electron chi connectivity index (χ3n) is 4.72. The molecule has 0 aliphatic heterocycles. The molecule has 12 heteroatoms. The van der Waals surface area contributed by atoms with Crippen molar-refractivity contribution in [2.75, 3.05) is 18.5 Å². The molecule has 0 aliphatic rings. The summed E-state index contributed by atoms with van der Waals surface area (Å²) >= 11 is 7.56. The second kappa shape index (κ2) is 11.7. The van der Waals surface area contributed by atoms with E-state index >= 15 is 0 Å². The van der Waals surface area contributed by atoms with Gasteiger partial charge in [0.05, 0.1) is 23.8 Å². The summed E-state index contributed by atoms with van der Waals surface area (Å²) in [6.45, 7) is 7.27. The van der Waals surface area contributed by atoms with E-state index in [2.05, 4.69) is 20.5 Å². The largest absolute Gasteiger partial charge is 0.489 e. The van der Waals surface area contributed by atoms with Gasteiger partial charge in [-0.15, -0.1) is 10.2 Å². The third kappa shape index (κ3) is 6.85. The van der Waals surface area contributed by atoms with E-state index < -0.39 is 23.9 Å². The number of nitrogens with one attached hydrogen (secondary N) is 1. The molecule has 3 aromatic rings. The Balaban J connectivity index is 1.92. The van der Waals surface area contributed by atoms with Crippen molar-refractivity contribution in [3.05, 3.63) is 40.8 Å². The normalized spacial score (nSPS) is 12.9. The molecule has 0 spiro atoms. The number of pyridine rings is 1. The van der Waals surface area contributed by atoms with Crippen molar-refractivity contribution >= 4 is 34.7 Å². The van der Waals surface area contributed by atoms with E-state index in [-0.39, 0.29) is 35.7 Å². The monoisotopic (exact) mass is 523 g/mol. The number of nitrogens with two attached hydrogens (primary N) is 1. The highest BCUT2D eigenvalue weighted by Crippen LogP contribution is 2.37. The van der Waals surface area contributed by atoms with Crippen molar-refractivity contribution in [1.29, 1.82) is 0 Å². The Morgan fingerprint density at radius 2 is 1.94 bits per heavy atom. The van der Waals surface area contributed by atoms with Crippen LogP contribution >= 0.6 is 22.9 Å². The number of carbonyl (C=O) groups is 1. The summed E-state index contributed by atoms with van der Waals surface area (Å²) in [4.78, 5) is 16.6. The van der Waals surface area contributed by atoms with Crippen LogP contribution in [-0.4, -0.2) is 57.7 Å². The summed E-state index contributed by atoms with van der Waals surface area (Å²) in [5.74, 6) is -0.812. The Kier molecular flexibility index (Phi) is 8.95. The Morgan fingerprint density at radius 3 is 2.60 bits per heavy atom. The first-order valence-corrected chi connectivity index (χ1v) is 12.1. The standard InChI is InChI=1S/C23H27ClFN5O4S/c1-5-33-23(32)18-6-13(7-20(28-18)27-11(2)3)21-29-30-22(35-21)14-8-16(25)19(9-15(14)24)34-10-17(26)12(4)31/h6-9,11-12,17,31H,5,10,26H2,1-4H3,(H,27,28)/t12-,17-/m0/s1. The van der Waals surface area contributed by atoms with Gasteiger partial charge in [0.15, 0.2) is 17.3 Å². The average Bonchev–Trinajstić information content (AvgIpc) is 3.28. The van der Waals surface area contributed by atoms with Crippen LogP contribution < -0.4 is 15.8 Å². The number of anilines is 1. The summed E-state index contributed by atoms with van der Waals surface area (Å²) in [5.41, 5.74) is 6.79. The molecule has 2 atom stereocenters. The van der Waals surface area contributed by atoms with Gasteiger partial charge >= 0.3 is 5.97 Å². The summed E-state index contributed by atoms with van der Waals surface area (Å²) in [6.07, 6.45) is -0.804. The SMILES string of the molecule is CCOC(=O)c1cc(-c2nnc(-c3cc(F)c(OC[C@H](N)[C@H](C)O)cc3Cl)s2)cc(NC(C)C)n1. The Labute approximate surface area is 211 Å². The zero-order valence-electron chi connectivity index (χ0n) is 19.7. The summed E-state index contributed by atoms with van der Waals surface area (Å²) in [6, 6.07) is 5.26. The molecular weight excluding hydrogens is 497 g/mol. The van der Waals surface area contributed by atoms with Gasteiger partial charge in [-0.2, -0.15) is 0 Å². The number of esters is 1. The molecule has 4 N–H and O–H groups in total. The lowest BCUT2D eigenvalue weighted by Gasteiger charge is -2.16. The third-order valence-corrected chi connectivity index (χ3v) is 6.04. The minimum absolute atomic E-state index is 0.0786. The minimum atomic E-state index is -0.804. The molecule has 3 rings (SSSR count). The van der Waals surface area contributed by atoms with Gasteiger partial charge in [0.1, 0.15) is 22.4 Å². The zero-order valence-corrected chi connectivity index (χ0v) is 21.3. The highest BCUT2D eigenvalue weighted by molar-refractivity contribution is 7.18. The van der Waals surface area contributed by atoms with Crippen LogP contribution in [0.2, 0.25) is 5.02 Å². The molecule has 0 bridgehead atoms. The van der Waals surface area contributed by atoms with Gasteiger partial charge in [0.2, 0.25) is 0 Å². The quantitative estimate of drug-likeness (QED) is 0.335. The second-order valence-electron chi connectivity index (χ2n) is 8.04. The van der Waals surface area contributed by atoms with Gasteiger partial charge in [0.25, 0.3) is 0 Å². The number of rotatable bonds is 10. The second-order valence-corrected chi connectivity index (χ2v) is 9.42. The number of hydrogen-bond donors (Lipinski definition) is 3. The van der Waals surface area contributed by atoms with E-state index in [0.717, 1.165) is 0 Å². The van der Waals surface area contributed by atoms with Crippen LogP contribution in [0.3, 0.4) is 0 Å². The van der Waals surface area contributed by atoms with Crippen molar-refractivity contribution in [1.82, 2.24) is 15.2 Å². The van der Waals surface area contributed by atoms with Crippen LogP contribution in [0.4, 0.5) is 10.2 Å². The lowest BCUT2D eigenvalue weighted by Crippen LogP contribution is -2.38. The van der Waals surface area contributed by atoms with Gasteiger partial charge in [-0.1, -0.05) is 22.9 Å². The smallest absolute Gasteiger partial charge is 0.357 e. The van der Waals surface area contributed by atoms with Gasteiger partial charge in [0, 0.05) is 23.2 Å². The van der Waals surface area contributed by atoms with Crippen molar-refractivity contribution < 1.29 is 23.8 Å². The van der Waals surface area contributed by atoms with Gasteiger partial charge < -0.3 is 25.6 Å². The highest BCUT2D eigenvalue weighted by atomic mass is 35.5. The van der Waals surface area contributed by atoms with Crippen LogP contribution in [0.15, 0.2) is 24.3 Å². The fraction of sp³-hybridized carbons (Fsp3) is 0.391. The van der Waals surface area contributed by atoms with Crippen molar-refractivity contribution in [2.24, 2.45) is 5.73 Å². The number of ether oxygens (including phenoxy) is 2. The summed E-state index contributed by atoms with van der Waals surface area (Å²) < 4.78 is 25.1. The maximum atomic E-state index is 14.7. The minimum Gasteiger partial charge on any atom is -0.489 e. The van der Waals surface area contributed by atoms with Crippen LogP contribution in [0.5, 0.6) is 5.75 Å². The van der Waals surface area contributed by atoms with Crippen LogP contribution in [-0.2, 0) is 4.74 Å². The number of aromatic nitrogens is 3. The first-order valence-electron chi connectivity index (χ1n) is 10.9. The molecule has 0 saturated heterocycles. The molecule has 0 radical (unpaired) electrons. The molecule has 35 heavy (non-hydrogen) atoms. The Bertz CT molecular complexity index is 1190. The molecule has 9 nitrogen and oxygen atoms in total. The lowest BCUT2D eigenvalue weighted by atomic mass is 10.2. The van der Waals surface area contributed by atoms with E-state index in [1.165, 1.54) is 30.4 Å². The van der Waals surface area contributed by atoms with Crippen LogP contribution in [0, 0.1) is 5.82 Å². The summed E-state index contributed by atoms with van der Waals surface area (Å²) in [7, 11) is 0. The topological polar surface area (TPSA) is 132 Å². The number of aliphatic hydroxyl groups excluding tert-OH is 1. The maximum Gasteiger partial charge on any atom is 0.357 e. The van der Waals surface area contributed by atoms with Gasteiger partial charge in [-0.05, 0) is 45.9 Å². The molecule has 2 aromatic heterocycles. The van der Waals surface area contributed by atoms with Crippen LogP contribution in [0.25, 0.3) is 21.1 Å². The Morgan fingerprint density at radius 1 is 1.23 bits per heavy atom. The van der Waals surface area contributed by atoms with Gasteiger partial charge in [-0.3, -0.25) is 0 Å². The molecule has 0 unspecified atom stereocenters. The number of aliphatic hydroxyl groups is 1. The van der Waals surface area contributed by atoms with E-state index in [9.17, 15) is 14.3 Å². The van der Waals surface area contributed by atoms with Crippen molar-refractivity contribution in [3.8, 4) is 26.9 Å². The predicted octanol–water partition coefficient (Wildman–Crippen LogP) is 4.14. The molecular formula is C23H27ClFN5O4S. The van der Waals surface area contributed by atoms with E-state index in [4.69, 9.17) is 26.8 Å².